The highest BCUT2D eigenvalue weighted by Crippen LogP contribution is 2.00. The van der Waals surface area contributed by atoms with Crippen molar-refractivity contribution in [1.29, 1.82) is 0 Å². The first-order valence-electron chi connectivity index (χ1n) is 3.81. The van der Waals surface area contributed by atoms with Crippen molar-refractivity contribution >= 4 is 23.5 Å². The lowest BCUT2D eigenvalue weighted by atomic mass is 10.2. The first-order valence-corrected chi connectivity index (χ1v) is 4.35. The van der Waals surface area contributed by atoms with Crippen LogP contribution in [-0.4, -0.2) is 29.4 Å². The van der Waals surface area contributed by atoms with E-state index in [1.165, 1.54) is 0 Å². The zero-order valence-corrected chi connectivity index (χ0v) is 7.93. The molecule has 1 amide bonds. The van der Waals surface area contributed by atoms with Crippen LogP contribution in [0, 0.1) is 0 Å². The third-order valence-corrected chi connectivity index (χ3v) is 1.64. The Morgan fingerprint density at radius 3 is 2.54 bits per heavy atom. The topological polar surface area (TPSA) is 66.4 Å². The number of amides is 1. The fraction of sp³-hybridized carbons (Fsp3) is 0.500. The molecule has 5 heteroatoms. The molecule has 0 bridgehead atoms. The third-order valence-electron chi connectivity index (χ3n) is 1.40. The lowest BCUT2D eigenvalue weighted by Gasteiger charge is -2.02. The van der Waals surface area contributed by atoms with Crippen LogP contribution in [0.2, 0.25) is 0 Å². The molecule has 0 aromatic carbocycles. The molecule has 0 unspecified atom stereocenters. The van der Waals surface area contributed by atoms with E-state index in [1.54, 1.807) is 0 Å². The second-order valence-corrected chi connectivity index (χ2v) is 2.76. The molecule has 0 saturated carbocycles. The molecular weight excluding hydrogens is 194 g/mol. The first-order chi connectivity index (χ1) is 6.07. The van der Waals surface area contributed by atoms with Gasteiger partial charge in [-0.05, 0) is 12.8 Å². The summed E-state index contributed by atoms with van der Waals surface area (Å²) in [6.07, 6.45) is 0.936. The van der Waals surface area contributed by atoms with Gasteiger partial charge in [-0.1, -0.05) is 6.58 Å². The van der Waals surface area contributed by atoms with Crippen LogP contribution in [0.4, 0.5) is 0 Å². The summed E-state index contributed by atoms with van der Waals surface area (Å²) in [5.41, 5.74) is 0.153. The van der Waals surface area contributed by atoms with Crippen molar-refractivity contribution in [3.63, 3.8) is 0 Å². The monoisotopic (exact) mass is 205 g/mol. The number of carboxylic acid groups (broad SMARTS) is 1. The maximum atomic E-state index is 10.6. The number of hydrogen-bond donors (Lipinski definition) is 2. The molecular formula is C8H12ClNO3. The average Bonchev–Trinajstić information content (AvgIpc) is 2.11. The maximum Gasteiger partial charge on any atom is 0.330 e. The molecule has 0 heterocycles. The molecule has 0 fully saturated rings. The van der Waals surface area contributed by atoms with E-state index in [9.17, 15) is 9.59 Å². The Morgan fingerprint density at radius 1 is 1.46 bits per heavy atom. The fourth-order valence-corrected chi connectivity index (χ4v) is 0.778. The Kier molecular flexibility index (Phi) is 5.97. The second-order valence-electron chi connectivity index (χ2n) is 2.50. The molecule has 0 saturated heterocycles. The molecule has 0 aromatic heterocycles. The smallest absolute Gasteiger partial charge is 0.330 e. The van der Waals surface area contributed by atoms with Crippen LogP contribution in [0.15, 0.2) is 12.2 Å². The van der Waals surface area contributed by atoms with Gasteiger partial charge in [0.05, 0.1) is 0 Å². The summed E-state index contributed by atoms with van der Waals surface area (Å²) < 4.78 is 0. The Balaban J connectivity index is 3.41. The highest BCUT2D eigenvalue weighted by molar-refractivity contribution is 6.27. The van der Waals surface area contributed by atoms with Gasteiger partial charge in [0.1, 0.15) is 5.88 Å². The van der Waals surface area contributed by atoms with Gasteiger partial charge in [-0.25, -0.2) is 4.79 Å². The van der Waals surface area contributed by atoms with E-state index in [-0.39, 0.29) is 17.4 Å². The lowest BCUT2D eigenvalue weighted by Crippen LogP contribution is -2.25. The molecule has 0 aliphatic heterocycles. The van der Waals surface area contributed by atoms with Crippen molar-refractivity contribution in [1.82, 2.24) is 5.32 Å². The number of carbonyl (C=O) groups excluding carboxylic acids is 1. The zero-order chi connectivity index (χ0) is 10.3. The van der Waals surface area contributed by atoms with Gasteiger partial charge in [-0.3, -0.25) is 4.79 Å². The molecule has 0 spiro atoms. The second kappa shape index (κ2) is 6.48. The largest absolute Gasteiger partial charge is 0.478 e. The van der Waals surface area contributed by atoms with Crippen LogP contribution < -0.4 is 5.32 Å². The van der Waals surface area contributed by atoms with Gasteiger partial charge in [0.15, 0.2) is 0 Å². The highest BCUT2D eigenvalue weighted by Gasteiger charge is 2.03. The number of aliphatic carboxylic acids is 1. The highest BCUT2D eigenvalue weighted by atomic mass is 35.5. The molecule has 0 aliphatic rings. The molecule has 0 aliphatic carbocycles. The van der Waals surface area contributed by atoms with E-state index in [0.717, 1.165) is 0 Å². The summed E-state index contributed by atoms with van der Waals surface area (Å²) >= 11 is 5.22. The van der Waals surface area contributed by atoms with Gasteiger partial charge in [-0.2, -0.15) is 0 Å². The van der Waals surface area contributed by atoms with Crippen molar-refractivity contribution in [3.8, 4) is 0 Å². The van der Waals surface area contributed by atoms with E-state index in [4.69, 9.17) is 16.7 Å². The van der Waals surface area contributed by atoms with Gasteiger partial charge in [0.25, 0.3) is 0 Å². The normalized spacial score (nSPS) is 9.31. The van der Waals surface area contributed by atoms with E-state index in [0.29, 0.717) is 19.4 Å². The van der Waals surface area contributed by atoms with E-state index < -0.39 is 5.97 Å². The van der Waals surface area contributed by atoms with E-state index in [2.05, 4.69) is 11.9 Å². The number of alkyl halides is 1. The predicted octanol–water partition coefficient (Wildman–Crippen LogP) is 0.762. The quantitative estimate of drug-likeness (QED) is 0.382. The van der Waals surface area contributed by atoms with Crippen molar-refractivity contribution in [3.05, 3.63) is 12.2 Å². The maximum absolute atomic E-state index is 10.6. The summed E-state index contributed by atoms with van der Waals surface area (Å²) in [4.78, 5) is 20.9. The third kappa shape index (κ3) is 6.16. The van der Waals surface area contributed by atoms with Gasteiger partial charge < -0.3 is 10.4 Å². The van der Waals surface area contributed by atoms with Crippen LogP contribution >= 0.6 is 11.6 Å². The van der Waals surface area contributed by atoms with Gasteiger partial charge in [0.2, 0.25) is 5.91 Å². The number of nitrogens with one attached hydrogen (secondary N) is 1. The van der Waals surface area contributed by atoms with Gasteiger partial charge >= 0.3 is 5.97 Å². The molecule has 4 nitrogen and oxygen atoms in total. The Labute approximate surface area is 81.6 Å². The van der Waals surface area contributed by atoms with Crippen molar-refractivity contribution in [2.45, 2.75) is 12.8 Å². The summed E-state index contributed by atoms with van der Waals surface area (Å²) in [5.74, 6) is -1.31. The summed E-state index contributed by atoms with van der Waals surface area (Å²) in [7, 11) is 0. The number of carbonyl (C=O) groups is 2. The number of carboxylic acids is 1. The average molecular weight is 206 g/mol. The van der Waals surface area contributed by atoms with Crippen molar-refractivity contribution in [2.24, 2.45) is 0 Å². The molecule has 74 valence electrons. The van der Waals surface area contributed by atoms with Crippen LogP contribution in [-0.2, 0) is 9.59 Å². The van der Waals surface area contributed by atoms with Gasteiger partial charge in [0, 0.05) is 12.1 Å². The number of halogens is 1. The van der Waals surface area contributed by atoms with Crippen molar-refractivity contribution < 1.29 is 14.7 Å². The van der Waals surface area contributed by atoms with Crippen molar-refractivity contribution in [2.75, 3.05) is 12.4 Å². The van der Waals surface area contributed by atoms with Crippen LogP contribution in [0.5, 0.6) is 0 Å². The fourth-order valence-electron chi connectivity index (χ4n) is 0.684. The summed E-state index contributed by atoms with van der Waals surface area (Å²) in [6, 6.07) is 0. The summed E-state index contributed by atoms with van der Waals surface area (Å²) in [6.45, 7) is 3.78. The SMILES string of the molecule is C=C(CCCNC(=O)CCl)C(=O)O. The zero-order valence-electron chi connectivity index (χ0n) is 7.18. The van der Waals surface area contributed by atoms with Crippen LogP contribution in [0.25, 0.3) is 0 Å². The summed E-state index contributed by atoms with van der Waals surface area (Å²) in [5, 5.41) is 11.0. The van der Waals surface area contributed by atoms with Gasteiger partial charge in [-0.15, -0.1) is 11.6 Å². The molecule has 0 radical (unpaired) electrons. The Morgan fingerprint density at radius 2 is 2.08 bits per heavy atom. The predicted molar refractivity (Wildman–Crippen MR) is 49.7 cm³/mol. The first kappa shape index (κ1) is 12.0. The molecule has 0 aromatic rings. The Bertz CT molecular complexity index is 215. The number of rotatable bonds is 6. The minimum Gasteiger partial charge on any atom is -0.478 e. The number of hydrogen-bond acceptors (Lipinski definition) is 2. The minimum absolute atomic E-state index is 0.0696. The molecule has 0 atom stereocenters. The van der Waals surface area contributed by atoms with Crippen LogP contribution in [0.1, 0.15) is 12.8 Å². The standard InChI is InChI=1S/C8H12ClNO3/c1-6(8(12)13)3-2-4-10-7(11)5-9/h1-5H2,(H,10,11)(H,12,13). The lowest BCUT2D eigenvalue weighted by molar-refractivity contribution is -0.132. The Hall–Kier alpha value is -1.03. The molecule has 13 heavy (non-hydrogen) atoms. The van der Waals surface area contributed by atoms with E-state index in [1.807, 2.05) is 0 Å². The molecule has 2 N–H and O–H groups in total. The van der Waals surface area contributed by atoms with E-state index >= 15 is 0 Å². The molecule has 0 rings (SSSR count). The minimum atomic E-state index is -0.997. The van der Waals surface area contributed by atoms with Crippen LogP contribution in [0.3, 0.4) is 0 Å².